The Bertz CT molecular complexity index is 311. The van der Waals surface area contributed by atoms with Crippen LogP contribution < -0.4 is 11.1 Å². The van der Waals surface area contributed by atoms with Gasteiger partial charge in [-0.05, 0) is 45.4 Å². The predicted octanol–water partition coefficient (Wildman–Crippen LogP) is 2.68. The molecule has 0 aromatic carbocycles. The molecule has 2 rings (SSSR count). The minimum absolute atomic E-state index is 0.146. The minimum atomic E-state index is -0.462. The molecule has 4 heteroatoms. The molecule has 0 aromatic heterocycles. The van der Waals surface area contributed by atoms with E-state index in [9.17, 15) is 4.79 Å². The molecule has 110 valence electrons. The topological polar surface area (TPSA) is 55.1 Å². The first-order valence-electron chi connectivity index (χ1n) is 7.74. The van der Waals surface area contributed by atoms with Gasteiger partial charge in [-0.3, -0.25) is 4.79 Å². The number of nitrogens with two attached hydrogens (primary N) is 1. The average Bonchev–Trinajstić information content (AvgIpc) is 3.19. The lowest BCUT2D eigenvalue weighted by atomic mass is 9.93. The number of carbonyl (C=O) groups excluding carboxylic acids is 1. The van der Waals surface area contributed by atoms with E-state index >= 15 is 0 Å². The second-order valence-electron chi connectivity index (χ2n) is 6.48. The summed E-state index contributed by atoms with van der Waals surface area (Å²) < 4.78 is 0. The maximum atomic E-state index is 12.1. The summed E-state index contributed by atoms with van der Waals surface area (Å²) in [5, 5.41) is 4.24. The SMILES string of the molecule is CC(C)NC(CSC1CCCCC1)(C(N)=O)C1CC1. The molecule has 1 atom stereocenters. The number of nitrogens with one attached hydrogen (secondary N) is 1. The van der Waals surface area contributed by atoms with Gasteiger partial charge in [0, 0.05) is 17.0 Å². The molecule has 0 bridgehead atoms. The molecule has 0 radical (unpaired) electrons. The Morgan fingerprint density at radius 1 is 1.26 bits per heavy atom. The Morgan fingerprint density at radius 3 is 2.37 bits per heavy atom. The van der Waals surface area contributed by atoms with Crippen LogP contribution in [0, 0.1) is 5.92 Å². The van der Waals surface area contributed by atoms with E-state index in [1.54, 1.807) is 0 Å². The molecule has 1 unspecified atom stereocenters. The highest BCUT2D eigenvalue weighted by molar-refractivity contribution is 8.00. The number of thioether (sulfide) groups is 1. The van der Waals surface area contributed by atoms with E-state index in [1.807, 2.05) is 11.8 Å². The highest BCUT2D eigenvalue weighted by atomic mass is 32.2. The van der Waals surface area contributed by atoms with Gasteiger partial charge in [-0.25, -0.2) is 0 Å². The summed E-state index contributed by atoms with van der Waals surface area (Å²) in [4.78, 5) is 12.1. The Hall–Kier alpha value is -0.220. The molecule has 2 aliphatic carbocycles. The van der Waals surface area contributed by atoms with Gasteiger partial charge >= 0.3 is 0 Å². The molecule has 2 fully saturated rings. The number of rotatable bonds is 7. The zero-order chi connectivity index (χ0) is 13.9. The lowest BCUT2D eigenvalue weighted by Crippen LogP contribution is -2.61. The second-order valence-corrected chi connectivity index (χ2v) is 7.77. The molecule has 1 amide bonds. The van der Waals surface area contributed by atoms with E-state index in [2.05, 4.69) is 19.2 Å². The van der Waals surface area contributed by atoms with Gasteiger partial charge in [0.2, 0.25) is 5.91 Å². The van der Waals surface area contributed by atoms with Crippen LogP contribution in [0.15, 0.2) is 0 Å². The predicted molar refractivity (Wildman–Crippen MR) is 82.3 cm³/mol. The fourth-order valence-electron chi connectivity index (χ4n) is 3.19. The van der Waals surface area contributed by atoms with Crippen LogP contribution in [0.25, 0.3) is 0 Å². The standard InChI is InChI=1S/C15H28N2OS/c1-11(2)17-15(14(16)18,12-8-9-12)10-19-13-6-4-3-5-7-13/h11-13,17H,3-10H2,1-2H3,(H2,16,18). The van der Waals surface area contributed by atoms with Gasteiger partial charge in [-0.1, -0.05) is 19.3 Å². The summed E-state index contributed by atoms with van der Waals surface area (Å²) in [6, 6.07) is 0.306. The van der Waals surface area contributed by atoms with Gasteiger partial charge in [0.15, 0.2) is 0 Å². The van der Waals surface area contributed by atoms with E-state index in [-0.39, 0.29) is 5.91 Å². The number of hydrogen-bond donors (Lipinski definition) is 2. The first kappa shape index (κ1) is 15.2. The molecule has 3 N–H and O–H groups in total. The zero-order valence-electron chi connectivity index (χ0n) is 12.3. The van der Waals surface area contributed by atoms with Crippen LogP contribution >= 0.6 is 11.8 Å². The summed E-state index contributed by atoms with van der Waals surface area (Å²) in [6.07, 6.45) is 8.99. The summed E-state index contributed by atoms with van der Waals surface area (Å²) in [6.45, 7) is 4.21. The van der Waals surface area contributed by atoms with Crippen molar-refractivity contribution >= 4 is 17.7 Å². The van der Waals surface area contributed by atoms with Gasteiger partial charge in [-0.2, -0.15) is 11.8 Å². The van der Waals surface area contributed by atoms with Crippen LogP contribution in [-0.2, 0) is 4.79 Å². The third-order valence-corrected chi connectivity index (χ3v) is 5.92. The lowest BCUT2D eigenvalue weighted by molar-refractivity contribution is -0.124. The van der Waals surface area contributed by atoms with Crippen molar-refractivity contribution < 1.29 is 4.79 Å². The van der Waals surface area contributed by atoms with Crippen molar-refractivity contribution in [3.05, 3.63) is 0 Å². The van der Waals surface area contributed by atoms with E-state index in [0.717, 1.165) is 23.8 Å². The third kappa shape index (κ3) is 3.88. The molecular weight excluding hydrogens is 256 g/mol. The van der Waals surface area contributed by atoms with Crippen LogP contribution in [0.1, 0.15) is 58.8 Å². The van der Waals surface area contributed by atoms with E-state index in [0.29, 0.717) is 12.0 Å². The average molecular weight is 284 g/mol. The zero-order valence-corrected chi connectivity index (χ0v) is 13.1. The van der Waals surface area contributed by atoms with Crippen molar-refractivity contribution in [1.29, 1.82) is 0 Å². The van der Waals surface area contributed by atoms with Crippen molar-refractivity contribution in [3.8, 4) is 0 Å². The highest BCUT2D eigenvalue weighted by Gasteiger charge is 2.50. The summed E-state index contributed by atoms with van der Waals surface area (Å²) >= 11 is 1.98. The monoisotopic (exact) mass is 284 g/mol. The normalized spacial score (nSPS) is 24.4. The van der Waals surface area contributed by atoms with Crippen LogP contribution in [-0.4, -0.2) is 28.5 Å². The molecule has 2 saturated carbocycles. The summed E-state index contributed by atoms with van der Waals surface area (Å²) in [7, 11) is 0. The molecule has 0 aliphatic heterocycles. The van der Waals surface area contributed by atoms with E-state index in [1.165, 1.54) is 32.1 Å². The molecule has 0 saturated heterocycles. The third-order valence-electron chi connectivity index (χ3n) is 4.36. The van der Waals surface area contributed by atoms with Crippen LogP contribution in [0.2, 0.25) is 0 Å². The Kier molecular flexibility index (Phi) is 5.18. The van der Waals surface area contributed by atoms with Crippen molar-refractivity contribution in [3.63, 3.8) is 0 Å². The second kappa shape index (κ2) is 6.49. The van der Waals surface area contributed by atoms with Crippen molar-refractivity contribution in [1.82, 2.24) is 5.32 Å². The van der Waals surface area contributed by atoms with E-state index in [4.69, 9.17) is 5.73 Å². The van der Waals surface area contributed by atoms with Crippen molar-refractivity contribution in [2.75, 3.05) is 5.75 Å². The van der Waals surface area contributed by atoms with Gasteiger partial charge in [-0.15, -0.1) is 0 Å². The molecule has 19 heavy (non-hydrogen) atoms. The first-order chi connectivity index (χ1) is 9.04. The number of hydrogen-bond acceptors (Lipinski definition) is 3. The van der Waals surface area contributed by atoms with E-state index < -0.39 is 5.54 Å². The molecule has 0 heterocycles. The Labute approximate surface area is 121 Å². The lowest BCUT2D eigenvalue weighted by Gasteiger charge is -2.35. The quantitative estimate of drug-likeness (QED) is 0.756. The van der Waals surface area contributed by atoms with Gasteiger partial charge in [0.05, 0.1) is 0 Å². The molecule has 0 aromatic rings. The highest BCUT2D eigenvalue weighted by Crippen LogP contribution is 2.43. The molecule has 3 nitrogen and oxygen atoms in total. The largest absolute Gasteiger partial charge is 0.368 e. The number of primary amides is 1. The molecular formula is C15H28N2OS. The minimum Gasteiger partial charge on any atom is -0.368 e. The van der Waals surface area contributed by atoms with Crippen LogP contribution in [0.5, 0.6) is 0 Å². The number of amides is 1. The fourth-order valence-corrected chi connectivity index (χ4v) is 4.82. The smallest absolute Gasteiger partial charge is 0.238 e. The van der Waals surface area contributed by atoms with Crippen molar-refractivity contribution in [2.45, 2.75) is 75.6 Å². The maximum absolute atomic E-state index is 12.1. The van der Waals surface area contributed by atoms with Gasteiger partial charge in [0.25, 0.3) is 0 Å². The molecule has 0 spiro atoms. The summed E-state index contributed by atoms with van der Waals surface area (Å²) in [5.41, 5.74) is 5.30. The van der Waals surface area contributed by atoms with Crippen LogP contribution in [0.4, 0.5) is 0 Å². The van der Waals surface area contributed by atoms with Crippen molar-refractivity contribution in [2.24, 2.45) is 11.7 Å². The molecule has 2 aliphatic rings. The van der Waals surface area contributed by atoms with Gasteiger partial charge in [0.1, 0.15) is 5.54 Å². The number of carbonyl (C=O) groups is 1. The van der Waals surface area contributed by atoms with Gasteiger partial charge < -0.3 is 11.1 Å². The Balaban J connectivity index is 1.97. The van der Waals surface area contributed by atoms with Crippen LogP contribution in [0.3, 0.4) is 0 Å². The fraction of sp³-hybridized carbons (Fsp3) is 0.933. The Morgan fingerprint density at radius 2 is 1.89 bits per heavy atom. The maximum Gasteiger partial charge on any atom is 0.238 e. The summed E-state index contributed by atoms with van der Waals surface area (Å²) in [5.74, 6) is 1.17. The first-order valence-corrected chi connectivity index (χ1v) is 8.78.